The minimum atomic E-state index is -0.678. The Bertz CT molecular complexity index is 937. The fourth-order valence-corrected chi connectivity index (χ4v) is 2.49. The number of rotatable bonds is 3. The summed E-state index contributed by atoms with van der Waals surface area (Å²) in [6, 6.07) is 9.81. The highest BCUT2D eigenvalue weighted by Gasteiger charge is 2.12. The molecule has 0 unspecified atom stereocenters. The zero-order chi connectivity index (χ0) is 18.0. The monoisotopic (exact) mass is 339 g/mol. The maximum absolute atomic E-state index is 13.5. The molecule has 25 heavy (non-hydrogen) atoms. The Morgan fingerprint density at radius 2 is 1.60 bits per heavy atom. The van der Waals surface area contributed by atoms with E-state index in [1.165, 1.54) is 18.2 Å². The van der Waals surface area contributed by atoms with Gasteiger partial charge in [0.25, 0.3) is 5.91 Å². The van der Waals surface area contributed by atoms with Crippen LogP contribution in [0.15, 0.2) is 48.7 Å². The van der Waals surface area contributed by atoms with E-state index in [1.807, 2.05) is 6.92 Å². The number of hydrogen-bond acceptors (Lipinski definition) is 3. The van der Waals surface area contributed by atoms with Crippen LogP contribution in [0.2, 0.25) is 0 Å². The molecule has 1 aromatic carbocycles. The molecule has 2 aromatic heterocycles. The Morgan fingerprint density at radius 3 is 2.28 bits per heavy atom. The summed E-state index contributed by atoms with van der Waals surface area (Å²) in [7, 11) is 0. The number of nitrogens with zero attached hydrogens (tertiary/aromatic N) is 2. The highest BCUT2D eigenvalue weighted by atomic mass is 19.1. The summed E-state index contributed by atoms with van der Waals surface area (Å²) in [5.74, 6) is -1.77. The Hall–Kier alpha value is -3.15. The molecule has 0 atom stereocenters. The molecule has 3 aromatic rings. The number of aromatic nitrogens is 2. The van der Waals surface area contributed by atoms with Gasteiger partial charge in [-0.3, -0.25) is 9.78 Å². The molecule has 0 saturated carbocycles. The number of aryl methyl sites for hydroxylation is 2. The van der Waals surface area contributed by atoms with E-state index >= 15 is 0 Å². The van der Waals surface area contributed by atoms with E-state index in [0.717, 1.165) is 11.8 Å². The molecule has 0 aliphatic rings. The van der Waals surface area contributed by atoms with E-state index in [0.29, 0.717) is 22.5 Å². The topological polar surface area (TPSA) is 54.9 Å². The average Bonchev–Trinajstić information content (AvgIpc) is 2.53. The normalized spacial score (nSPS) is 10.6. The fourth-order valence-electron chi connectivity index (χ4n) is 2.49. The molecule has 3 rings (SSSR count). The summed E-state index contributed by atoms with van der Waals surface area (Å²) in [6.07, 6.45) is 1.59. The van der Waals surface area contributed by atoms with Gasteiger partial charge in [0, 0.05) is 29.3 Å². The van der Waals surface area contributed by atoms with Gasteiger partial charge in [0.1, 0.15) is 17.3 Å². The van der Waals surface area contributed by atoms with Gasteiger partial charge in [0.05, 0.1) is 0 Å². The van der Waals surface area contributed by atoms with Gasteiger partial charge < -0.3 is 5.32 Å². The third-order valence-electron chi connectivity index (χ3n) is 3.54. The summed E-state index contributed by atoms with van der Waals surface area (Å²) >= 11 is 0. The first-order chi connectivity index (χ1) is 11.9. The molecular weight excluding hydrogens is 324 g/mol. The van der Waals surface area contributed by atoms with Crippen LogP contribution in [-0.4, -0.2) is 15.9 Å². The van der Waals surface area contributed by atoms with Crippen molar-refractivity contribution in [1.82, 2.24) is 9.97 Å². The van der Waals surface area contributed by atoms with Crippen LogP contribution in [0.5, 0.6) is 0 Å². The Balaban J connectivity index is 1.94. The third-order valence-corrected chi connectivity index (χ3v) is 3.54. The minimum Gasteiger partial charge on any atom is -0.321 e. The van der Waals surface area contributed by atoms with Crippen molar-refractivity contribution >= 4 is 11.6 Å². The van der Waals surface area contributed by atoms with E-state index in [-0.39, 0.29) is 5.69 Å². The largest absolute Gasteiger partial charge is 0.321 e. The first-order valence-corrected chi connectivity index (χ1v) is 7.60. The third kappa shape index (κ3) is 4.03. The zero-order valence-corrected chi connectivity index (χ0v) is 13.7. The molecule has 1 N–H and O–H groups in total. The summed E-state index contributed by atoms with van der Waals surface area (Å²) < 4.78 is 26.9. The van der Waals surface area contributed by atoms with E-state index < -0.39 is 17.5 Å². The molecular formula is C19H15F2N3O. The molecule has 0 fully saturated rings. The van der Waals surface area contributed by atoms with Crippen molar-refractivity contribution < 1.29 is 13.6 Å². The van der Waals surface area contributed by atoms with Crippen molar-refractivity contribution in [2.45, 2.75) is 13.8 Å². The molecule has 0 aliphatic carbocycles. The highest BCUT2D eigenvalue weighted by molar-refractivity contribution is 6.03. The minimum absolute atomic E-state index is 0.161. The van der Waals surface area contributed by atoms with Crippen LogP contribution in [0.3, 0.4) is 0 Å². The Labute approximate surface area is 143 Å². The number of anilines is 1. The Morgan fingerprint density at radius 1 is 0.920 bits per heavy atom. The van der Waals surface area contributed by atoms with E-state index in [2.05, 4.69) is 15.3 Å². The number of carbonyl (C=O) groups excluding carboxylic acids is 1. The van der Waals surface area contributed by atoms with Crippen molar-refractivity contribution in [2.75, 3.05) is 5.32 Å². The van der Waals surface area contributed by atoms with E-state index in [9.17, 15) is 13.6 Å². The van der Waals surface area contributed by atoms with Crippen molar-refractivity contribution in [2.24, 2.45) is 0 Å². The average molecular weight is 339 g/mol. The SMILES string of the molecule is Cc1cc(NC(=O)c2cc(-c3cc(F)cc(F)c3)cc(C)n2)ccn1. The lowest BCUT2D eigenvalue weighted by atomic mass is 10.0. The van der Waals surface area contributed by atoms with Gasteiger partial charge in [-0.1, -0.05) is 0 Å². The first-order valence-electron chi connectivity index (χ1n) is 7.60. The molecule has 6 heteroatoms. The van der Waals surface area contributed by atoms with E-state index in [4.69, 9.17) is 0 Å². The van der Waals surface area contributed by atoms with E-state index in [1.54, 1.807) is 31.3 Å². The number of hydrogen-bond donors (Lipinski definition) is 1. The summed E-state index contributed by atoms with van der Waals surface area (Å²) in [6.45, 7) is 3.53. The van der Waals surface area contributed by atoms with Gasteiger partial charge in [0.15, 0.2) is 0 Å². The smallest absolute Gasteiger partial charge is 0.274 e. The molecule has 1 amide bonds. The molecule has 126 valence electrons. The highest BCUT2D eigenvalue weighted by Crippen LogP contribution is 2.23. The molecule has 0 radical (unpaired) electrons. The maximum atomic E-state index is 13.5. The van der Waals surface area contributed by atoms with Gasteiger partial charge in [-0.2, -0.15) is 0 Å². The quantitative estimate of drug-likeness (QED) is 0.774. The van der Waals surface area contributed by atoms with Crippen molar-refractivity contribution in [3.63, 3.8) is 0 Å². The lowest BCUT2D eigenvalue weighted by molar-refractivity contribution is 0.102. The van der Waals surface area contributed by atoms with Gasteiger partial charge in [-0.15, -0.1) is 0 Å². The molecule has 0 saturated heterocycles. The number of halogens is 2. The number of carbonyl (C=O) groups is 1. The van der Waals surface area contributed by atoms with Gasteiger partial charge in [0.2, 0.25) is 0 Å². The van der Waals surface area contributed by atoms with Crippen LogP contribution in [-0.2, 0) is 0 Å². The Kier molecular flexibility index (Phi) is 4.52. The second-order valence-corrected chi connectivity index (χ2v) is 5.68. The van der Waals surface area contributed by atoms with Crippen LogP contribution in [0.25, 0.3) is 11.1 Å². The fraction of sp³-hybridized carbons (Fsp3) is 0.105. The lowest BCUT2D eigenvalue weighted by Gasteiger charge is -2.09. The van der Waals surface area contributed by atoms with Crippen LogP contribution in [0.1, 0.15) is 21.9 Å². The molecule has 0 bridgehead atoms. The van der Waals surface area contributed by atoms with Gasteiger partial charge >= 0.3 is 0 Å². The zero-order valence-electron chi connectivity index (χ0n) is 13.7. The van der Waals surface area contributed by atoms with Crippen LogP contribution >= 0.6 is 0 Å². The van der Waals surface area contributed by atoms with Crippen molar-refractivity contribution in [3.05, 3.63) is 77.4 Å². The predicted octanol–water partition coefficient (Wildman–Crippen LogP) is 4.29. The summed E-state index contributed by atoms with van der Waals surface area (Å²) in [4.78, 5) is 20.7. The van der Waals surface area contributed by atoms with Crippen LogP contribution < -0.4 is 5.32 Å². The number of nitrogens with one attached hydrogen (secondary N) is 1. The number of benzene rings is 1. The summed E-state index contributed by atoms with van der Waals surface area (Å²) in [5, 5.41) is 2.74. The first kappa shape index (κ1) is 16.7. The van der Waals surface area contributed by atoms with Crippen LogP contribution in [0.4, 0.5) is 14.5 Å². The lowest BCUT2D eigenvalue weighted by Crippen LogP contribution is -2.14. The predicted molar refractivity (Wildman–Crippen MR) is 91.3 cm³/mol. The molecule has 0 aliphatic heterocycles. The molecule has 2 heterocycles. The van der Waals surface area contributed by atoms with Crippen LogP contribution in [0, 0.1) is 25.5 Å². The van der Waals surface area contributed by atoms with Gasteiger partial charge in [-0.25, -0.2) is 13.8 Å². The van der Waals surface area contributed by atoms with Crippen molar-refractivity contribution in [3.8, 4) is 11.1 Å². The molecule has 0 spiro atoms. The van der Waals surface area contributed by atoms with Crippen molar-refractivity contribution in [1.29, 1.82) is 0 Å². The second kappa shape index (κ2) is 6.76. The molecule has 4 nitrogen and oxygen atoms in total. The maximum Gasteiger partial charge on any atom is 0.274 e. The number of amides is 1. The second-order valence-electron chi connectivity index (χ2n) is 5.68. The summed E-state index contributed by atoms with van der Waals surface area (Å²) in [5.41, 5.74) is 2.95. The van der Waals surface area contributed by atoms with Gasteiger partial charge in [-0.05, 0) is 61.4 Å². The number of pyridine rings is 2. The standard InChI is InChI=1S/C19H15F2N3O/c1-11-6-17(3-4-22-11)24-19(25)18-9-13(5-12(2)23-18)14-7-15(20)10-16(21)8-14/h3-10H,1-2H3,(H,22,24,25).